The van der Waals surface area contributed by atoms with E-state index < -0.39 is 68.0 Å². The third-order valence-corrected chi connectivity index (χ3v) is 4.13. The minimum atomic E-state index is -1.72. The van der Waals surface area contributed by atoms with Crippen LogP contribution in [0, 0.1) is 0 Å². The van der Waals surface area contributed by atoms with E-state index in [1.165, 1.54) is 7.11 Å². The molecule has 142 valence electrons. The number of hydrogen-bond donors (Lipinski definition) is 7. The Labute approximate surface area is 137 Å². The minimum absolute atomic E-state index is 0.0979. The fourth-order valence-electron chi connectivity index (χ4n) is 2.72. The van der Waals surface area contributed by atoms with E-state index >= 15 is 0 Å². The summed E-state index contributed by atoms with van der Waals surface area (Å²) < 4.78 is 20.5. The Morgan fingerprint density at radius 1 is 0.792 bits per heavy atom. The van der Waals surface area contributed by atoms with Crippen molar-refractivity contribution < 1.29 is 54.7 Å². The van der Waals surface area contributed by atoms with E-state index in [2.05, 4.69) is 0 Å². The molecule has 2 rings (SSSR count). The summed E-state index contributed by atoms with van der Waals surface area (Å²) in [6.07, 6.45) is -14.8. The van der Waals surface area contributed by atoms with Crippen molar-refractivity contribution in [1.29, 1.82) is 0 Å². The molecule has 2 aliphatic rings. The van der Waals surface area contributed by atoms with Crippen LogP contribution in [0.4, 0.5) is 0 Å². The van der Waals surface area contributed by atoms with Crippen molar-refractivity contribution in [1.82, 2.24) is 0 Å². The van der Waals surface area contributed by atoms with Crippen LogP contribution in [0.3, 0.4) is 0 Å². The third kappa shape index (κ3) is 3.86. The quantitative estimate of drug-likeness (QED) is 0.251. The molecule has 0 aromatic carbocycles. The molecule has 11 nitrogen and oxygen atoms in total. The highest BCUT2D eigenvalue weighted by Gasteiger charge is 2.50. The van der Waals surface area contributed by atoms with Crippen molar-refractivity contribution in [2.75, 3.05) is 20.3 Å². The van der Waals surface area contributed by atoms with Crippen molar-refractivity contribution in [3.05, 3.63) is 0 Å². The number of hydrogen-bond acceptors (Lipinski definition) is 11. The number of ether oxygens (including phenoxy) is 4. The average molecular weight is 356 g/mol. The molecule has 0 aromatic rings. The van der Waals surface area contributed by atoms with E-state index in [1.807, 2.05) is 0 Å². The van der Waals surface area contributed by atoms with Crippen molar-refractivity contribution in [2.24, 2.45) is 0 Å². The van der Waals surface area contributed by atoms with Gasteiger partial charge in [0.05, 0.1) is 13.2 Å². The second-order valence-corrected chi connectivity index (χ2v) is 5.80. The van der Waals surface area contributed by atoms with Crippen molar-refractivity contribution in [2.45, 2.75) is 61.4 Å². The zero-order valence-corrected chi connectivity index (χ0v) is 13.0. The van der Waals surface area contributed by atoms with E-state index in [9.17, 15) is 35.7 Å². The van der Waals surface area contributed by atoms with Gasteiger partial charge in [0, 0.05) is 7.11 Å². The lowest BCUT2D eigenvalue weighted by Gasteiger charge is -2.45. The normalized spacial score (nSPS) is 50.0. The molecular formula is C13H24O11. The lowest BCUT2D eigenvalue weighted by Crippen LogP contribution is -2.64. The van der Waals surface area contributed by atoms with Gasteiger partial charge in [-0.15, -0.1) is 0 Å². The topological polar surface area (TPSA) is 179 Å². The molecule has 0 amide bonds. The molecule has 0 radical (unpaired) electrons. The Morgan fingerprint density at radius 2 is 1.46 bits per heavy atom. The van der Waals surface area contributed by atoms with Crippen LogP contribution in [0.1, 0.15) is 0 Å². The van der Waals surface area contributed by atoms with Gasteiger partial charge >= 0.3 is 0 Å². The maximum absolute atomic E-state index is 10.0. The maximum Gasteiger partial charge on any atom is 0.187 e. The first-order chi connectivity index (χ1) is 11.3. The minimum Gasteiger partial charge on any atom is -0.394 e. The predicted molar refractivity (Wildman–Crippen MR) is 73.4 cm³/mol. The molecule has 0 aromatic heterocycles. The molecule has 2 saturated heterocycles. The summed E-state index contributed by atoms with van der Waals surface area (Å²) in [7, 11) is 1.35. The van der Waals surface area contributed by atoms with Gasteiger partial charge in [0.25, 0.3) is 0 Å². The van der Waals surface area contributed by atoms with Gasteiger partial charge in [0.15, 0.2) is 12.6 Å². The molecule has 11 heteroatoms. The van der Waals surface area contributed by atoms with Gasteiger partial charge < -0.3 is 54.7 Å². The van der Waals surface area contributed by atoms with Gasteiger partial charge in [-0.3, -0.25) is 0 Å². The lowest BCUT2D eigenvalue weighted by molar-refractivity contribution is -0.355. The Morgan fingerprint density at radius 3 is 2.04 bits per heavy atom. The smallest absolute Gasteiger partial charge is 0.187 e. The molecule has 0 saturated carbocycles. The standard InChI is InChI=1S/C13H24O11/c1-21-3-5-6(15)7(16)10(19)13(23-5)24-11-4(2-14)22-12(20)9(18)8(11)17/h4-20H,2-3H2,1H3/t4-,5-,6-,7+,8-,9-,10-,11-,12-,13+/m1/s1. The van der Waals surface area contributed by atoms with Crippen molar-refractivity contribution in [3.8, 4) is 0 Å². The first-order valence-corrected chi connectivity index (χ1v) is 7.46. The van der Waals surface area contributed by atoms with Crippen LogP contribution in [-0.2, 0) is 18.9 Å². The largest absolute Gasteiger partial charge is 0.394 e. The van der Waals surface area contributed by atoms with Crippen LogP contribution in [0.2, 0.25) is 0 Å². The summed E-state index contributed by atoms with van der Waals surface area (Å²) >= 11 is 0. The van der Waals surface area contributed by atoms with Crippen molar-refractivity contribution in [3.63, 3.8) is 0 Å². The highest BCUT2D eigenvalue weighted by molar-refractivity contribution is 4.93. The van der Waals surface area contributed by atoms with Gasteiger partial charge in [-0.05, 0) is 0 Å². The number of methoxy groups -OCH3 is 1. The summed E-state index contributed by atoms with van der Waals surface area (Å²) in [5.74, 6) is 0. The van der Waals surface area contributed by atoms with Crippen LogP contribution in [-0.4, -0.2) is 117 Å². The van der Waals surface area contributed by atoms with E-state index in [0.29, 0.717) is 0 Å². The molecule has 0 spiro atoms. The molecular weight excluding hydrogens is 332 g/mol. The first-order valence-electron chi connectivity index (χ1n) is 7.46. The van der Waals surface area contributed by atoms with Crippen molar-refractivity contribution >= 4 is 0 Å². The summed E-state index contributed by atoms with van der Waals surface area (Å²) in [4.78, 5) is 0. The molecule has 2 fully saturated rings. The van der Waals surface area contributed by atoms with Crippen LogP contribution in [0.25, 0.3) is 0 Å². The van der Waals surface area contributed by atoms with Gasteiger partial charge in [-0.2, -0.15) is 0 Å². The number of rotatable bonds is 5. The Balaban J connectivity index is 2.11. The molecule has 7 N–H and O–H groups in total. The highest BCUT2D eigenvalue weighted by atomic mass is 16.7. The van der Waals surface area contributed by atoms with Gasteiger partial charge in [-0.1, -0.05) is 0 Å². The molecule has 0 aliphatic carbocycles. The number of aliphatic hydroxyl groups excluding tert-OH is 7. The molecule has 0 bridgehead atoms. The fraction of sp³-hybridized carbons (Fsp3) is 1.00. The summed E-state index contributed by atoms with van der Waals surface area (Å²) in [5.41, 5.74) is 0. The van der Waals surface area contributed by atoms with Gasteiger partial charge in [-0.25, -0.2) is 0 Å². The van der Waals surface area contributed by atoms with Crippen LogP contribution >= 0.6 is 0 Å². The third-order valence-electron chi connectivity index (χ3n) is 4.13. The maximum atomic E-state index is 10.0. The van der Waals surface area contributed by atoms with Crippen LogP contribution in [0.15, 0.2) is 0 Å². The monoisotopic (exact) mass is 356 g/mol. The Bertz CT molecular complexity index is 394. The average Bonchev–Trinajstić information content (AvgIpc) is 2.57. The SMILES string of the molecule is COC[C@H]1O[C@@H](O[C@H]2[C@H](O)[C@@H](O)[C@H](O)O[C@@H]2CO)[C@H](O)[C@@H](O)[C@@H]1O. The van der Waals surface area contributed by atoms with Crippen LogP contribution in [0.5, 0.6) is 0 Å². The molecule has 2 aliphatic heterocycles. The Kier molecular flexibility index (Phi) is 6.87. The van der Waals surface area contributed by atoms with Gasteiger partial charge in [0.2, 0.25) is 0 Å². The second-order valence-electron chi connectivity index (χ2n) is 5.80. The molecule has 2 heterocycles. The zero-order chi connectivity index (χ0) is 18.0. The second kappa shape index (κ2) is 8.29. The summed E-state index contributed by atoms with van der Waals surface area (Å²) in [6, 6.07) is 0. The molecule has 10 atom stereocenters. The van der Waals surface area contributed by atoms with Gasteiger partial charge in [0.1, 0.15) is 48.8 Å². The molecule has 0 unspecified atom stereocenters. The lowest BCUT2D eigenvalue weighted by atomic mass is 9.97. The first kappa shape index (κ1) is 19.9. The predicted octanol–water partition coefficient (Wildman–Crippen LogP) is -4.74. The summed E-state index contributed by atoms with van der Waals surface area (Å²) in [6.45, 7) is -0.750. The van der Waals surface area contributed by atoms with E-state index in [1.54, 1.807) is 0 Å². The van der Waals surface area contributed by atoms with Crippen LogP contribution < -0.4 is 0 Å². The highest BCUT2D eigenvalue weighted by Crippen LogP contribution is 2.28. The Hall–Kier alpha value is -0.440. The number of aliphatic hydroxyl groups is 7. The zero-order valence-electron chi connectivity index (χ0n) is 13.0. The van der Waals surface area contributed by atoms with E-state index in [4.69, 9.17) is 18.9 Å². The molecule has 24 heavy (non-hydrogen) atoms. The fourth-order valence-corrected chi connectivity index (χ4v) is 2.72. The van der Waals surface area contributed by atoms with E-state index in [0.717, 1.165) is 0 Å². The summed E-state index contributed by atoms with van der Waals surface area (Å²) in [5, 5.41) is 68.1. The van der Waals surface area contributed by atoms with E-state index in [-0.39, 0.29) is 6.61 Å².